The molecule has 0 heterocycles. The molecule has 1 aliphatic carbocycles. The molecule has 0 aromatic heterocycles. The van der Waals surface area contributed by atoms with E-state index in [9.17, 15) is 14.7 Å². The van der Waals surface area contributed by atoms with Crippen LogP contribution >= 0.6 is 0 Å². The first-order valence-electron chi connectivity index (χ1n) is 8.62. The van der Waals surface area contributed by atoms with E-state index >= 15 is 0 Å². The van der Waals surface area contributed by atoms with Gasteiger partial charge >= 0.3 is 0 Å². The fraction of sp³-hybridized carbons (Fsp3) is 0.579. The van der Waals surface area contributed by atoms with E-state index < -0.39 is 5.41 Å². The molecule has 1 aliphatic rings. The highest BCUT2D eigenvalue weighted by Gasteiger charge is 2.22. The normalized spacial score (nSPS) is 21.2. The Morgan fingerprint density at radius 1 is 1.08 bits per heavy atom. The molecular formula is C19H28N2O3. The van der Waals surface area contributed by atoms with Crippen LogP contribution in [0.5, 0.6) is 0 Å². The highest BCUT2D eigenvalue weighted by atomic mass is 16.3. The van der Waals surface area contributed by atoms with Crippen LogP contribution in [0.15, 0.2) is 24.3 Å². The number of rotatable bonds is 4. The van der Waals surface area contributed by atoms with E-state index in [2.05, 4.69) is 10.6 Å². The van der Waals surface area contributed by atoms with Gasteiger partial charge in [0.2, 0.25) is 5.91 Å². The van der Waals surface area contributed by atoms with Crippen molar-refractivity contribution in [2.24, 2.45) is 5.41 Å². The summed E-state index contributed by atoms with van der Waals surface area (Å²) in [5.74, 6) is -0.0783. The number of benzene rings is 1. The van der Waals surface area contributed by atoms with Gasteiger partial charge in [0.05, 0.1) is 6.10 Å². The Morgan fingerprint density at radius 3 is 2.21 bits per heavy atom. The number of hydrogen-bond acceptors (Lipinski definition) is 3. The second-order valence-corrected chi connectivity index (χ2v) is 7.61. The zero-order valence-corrected chi connectivity index (χ0v) is 14.8. The monoisotopic (exact) mass is 332 g/mol. The number of amides is 2. The Morgan fingerprint density at radius 2 is 1.67 bits per heavy atom. The Bertz CT molecular complexity index is 567. The van der Waals surface area contributed by atoms with Crippen LogP contribution in [0, 0.1) is 5.41 Å². The number of aliphatic hydroxyl groups excluding tert-OH is 1. The molecule has 0 bridgehead atoms. The molecule has 0 spiro atoms. The van der Waals surface area contributed by atoms with Crippen molar-refractivity contribution in [2.45, 2.75) is 65.1 Å². The van der Waals surface area contributed by atoms with Gasteiger partial charge in [0.15, 0.2) is 0 Å². The number of carbonyl (C=O) groups is 2. The third-order valence-electron chi connectivity index (χ3n) is 4.38. The highest BCUT2D eigenvalue weighted by Crippen LogP contribution is 2.19. The van der Waals surface area contributed by atoms with E-state index in [0.717, 1.165) is 31.2 Å². The van der Waals surface area contributed by atoms with Gasteiger partial charge in [-0.05, 0) is 43.4 Å². The second-order valence-electron chi connectivity index (χ2n) is 7.61. The molecule has 0 saturated heterocycles. The fourth-order valence-electron chi connectivity index (χ4n) is 2.71. The van der Waals surface area contributed by atoms with Crippen LogP contribution in [0.1, 0.15) is 62.4 Å². The highest BCUT2D eigenvalue weighted by molar-refractivity contribution is 5.94. The summed E-state index contributed by atoms with van der Waals surface area (Å²) in [6, 6.07) is 7.44. The van der Waals surface area contributed by atoms with Crippen molar-refractivity contribution in [1.82, 2.24) is 10.6 Å². The minimum Gasteiger partial charge on any atom is -0.393 e. The van der Waals surface area contributed by atoms with Crippen LogP contribution in [-0.4, -0.2) is 29.1 Å². The molecule has 3 N–H and O–H groups in total. The second kappa shape index (κ2) is 7.79. The van der Waals surface area contributed by atoms with Crippen LogP contribution < -0.4 is 10.6 Å². The summed E-state index contributed by atoms with van der Waals surface area (Å²) >= 11 is 0. The lowest BCUT2D eigenvalue weighted by atomic mass is 9.93. The van der Waals surface area contributed by atoms with Crippen molar-refractivity contribution in [2.75, 3.05) is 0 Å². The fourth-order valence-corrected chi connectivity index (χ4v) is 2.71. The first-order chi connectivity index (χ1) is 11.3. The van der Waals surface area contributed by atoms with E-state index in [1.165, 1.54) is 0 Å². The first kappa shape index (κ1) is 18.5. The molecule has 132 valence electrons. The molecule has 0 atom stereocenters. The quantitative estimate of drug-likeness (QED) is 0.792. The predicted octanol–water partition coefficient (Wildman–Crippen LogP) is 2.38. The summed E-state index contributed by atoms with van der Waals surface area (Å²) in [6.45, 7) is 6.08. The first-order valence-corrected chi connectivity index (χ1v) is 8.62. The van der Waals surface area contributed by atoms with Crippen molar-refractivity contribution in [3.63, 3.8) is 0 Å². The number of hydrogen-bond donors (Lipinski definition) is 3. The summed E-state index contributed by atoms with van der Waals surface area (Å²) in [6.07, 6.45) is 2.92. The van der Waals surface area contributed by atoms with Crippen LogP contribution in [0.4, 0.5) is 0 Å². The standard InChI is InChI=1S/C19H28N2O3/c1-19(2,3)18(24)20-12-13-4-6-14(7-5-13)17(23)21-15-8-10-16(22)11-9-15/h4-7,15-16,22H,8-12H2,1-3H3,(H,20,24)(H,21,23). The van der Waals surface area contributed by atoms with Gasteiger partial charge in [-0.1, -0.05) is 32.9 Å². The summed E-state index contributed by atoms with van der Waals surface area (Å²) < 4.78 is 0. The zero-order valence-electron chi connectivity index (χ0n) is 14.8. The van der Waals surface area contributed by atoms with Gasteiger partial charge in [-0.2, -0.15) is 0 Å². The molecule has 5 heteroatoms. The largest absolute Gasteiger partial charge is 0.393 e. The topological polar surface area (TPSA) is 78.4 Å². The molecule has 1 aromatic rings. The van der Waals surface area contributed by atoms with E-state index in [4.69, 9.17) is 0 Å². The summed E-state index contributed by atoms with van der Waals surface area (Å²) in [5, 5.41) is 15.4. The van der Waals surface area contributed by atoms with Crippen molar-refractivity contribution >= 4 is 11.8 Å². The molecule has 1 aromatic carbocycles. The van der Waals surface area contributed by atoms with Crippen molar-refractivity contribution in [1.29, 1.82) is 0 Å². The number of nitrogens with one attached hydrogen (secondary N) is 2. The van der Waals surface area contributed by atoms with Gasteiger partial charge in [-0.15, -0.1) is 0 Å². The molecule has 2 rings (SSSR count). The molecule has 5 nitrogen and oxygen atoms in total. The van der Waals surface area contributed by atoms with Crippen molar-refractivity contribution < 1.29 is 14.7 Å². The Kier molecular flexibility index (Phi) is 5.99. The lowest BCUT2D eigenvalue weighted by Gasteiger charge is -2.26. The third-order valence-corrected chi connectivity index (χ3v) is 4.38. The molecule has 24 heavy (non-hydrogen) atoms. The van der Waals surface area contributed by atoms with E-state index in [0.29, 0.717) is 12.1 Å². The maximum absolute atomic E-state index is 12.3. The van der Waals surface area contributed by atoms with E-state index in [-0.39, 0.29) is 24.0 Å². The van der Waals surface area contributed by atoms with Gasteiger partial charge in [-0.25, -0.2) is 0 Å². The van der Waals surface area contributed by atoms with Crippen LogP contribution in [0.2, 0.25) is 0 Å². The summed E-state index contributed by atoms with van der Waals surface area (Å²) in [5.41, 5.74) is 1.17. The molecule has 1 saturated carbocycles. The Balaban J connectivity index is 1.85. The molecule has 0 unspecified atom stereocenters. The van der Waals surface area contributed by atoms with Gasteiger partial charge in [0.25, 0.3) is 5.91 Å². The average Bonchev–Trinajstić information content (AvgIpc) is 2.54. The molecule has 1 fully saturated rings. The average molecular weight is 332 g/mol. The lowest BCUT2D eigenvalue weighted by Crippen LogP contribution is -2.38. The molecule has 0 aliphatic heterocycles. The van der Waals surface area contributed by atoms with Crippen molar-refractivity contribution in [3.05, 3.63) is 35.4 Å². The van der Waals surface area contributed by atoms with E-state index in [1.54, 1.807) is 12.1 Å². The minimum absolute atomic E-state index is 0.00352. The minimum atomic E-state index is -0.409. The number of aliphatic hydroxyl groups is 1. The molecule has 2 amide bonds. The van der Waals surface area contributed by atoms with Crippen LogP contribution in [0.3, 0.4) is 0 Å². The van der Waals surface area contributed by atoms with Gasteiger partial charge in [0.1, 0.15) is 0 Å². The van der Waals surface area contributed by atoms with Crippen LogP contribution in [-0.2, 0) is 11.3 Å². The van der Waals surface area contributed by atoms with Gasteiger partial charge in [0, 0.05) is 23.6 Å². The van der Waals surface area contributed by atoms with E-state index in [1.807, 2.05) is 32.9 Å². The SMILES string of the molecule is CC(C)(C)C(=O)NCc1ccc(C(=O)NC2CCC(O)CC2)cc1. The molecular weight excluding hydrogens is 304 g/mol. The zero-order chi connectivity index (χ0) is 17.7. The van der Waals surface area contributed by atoms with Gasteiger partial charge < -0.3 is 15.7 Å². The maximum atomic E-state index is 12.3. The maximum Gasteiger partial charge on any atom is 0.251 e. The van der Waals surface area contributed by atoms with Gasteiger partial charge in [-0.3, -0.25) is 9.59 Å². The third kappa shape index (κ3) is 5.34. The summed E-state index contributed by atoms with van der Waals surface area (Å²) in [4.78, 5) is 24.1. The van der Waals surface area contributed by atoms with Crippen molar-refractivity contribution in [3.8, 4) is 0 Å². The lowest BCUT2D eigenvalue weighted by molar-refractivity contribution is -0.128. The predicted molar refractivity (Wildman–Crippen MR) is 93.5 cm³/mol. The van der Waals surface area contributed by atoms with Crippen LogP contribution in [0.25, 0.3) is 0 Å². The molecule has 0 radical (unpaired) electrons. The summed E-state index contributed by atoms with van der Waals surface area (Å²) in [7, 11) is 0. The Labute approximate surface area is 143 Å². The smallest absolute Gasteiger partial charge is 0.251 e. The number of carbonyl (C=O) groups excluding carboxylic acids is 2. The Hall–Kier alpha value is -1.88.